The third kappa shape index (κ3) is 5.19. The van der Waals surface area contributed by atoms with Crippen LogP contribution >= 0.6 is 0 Å². The summed E-state index contributed by atoms with van der Waals surface area (Å²) in [6.45, 7) is 5.08. The summed E-state index contributed by atoms with van der Waals surface area (Å²) in [4.78, 5) is 13.0. The number of amides is 1. The van der Waals surface area contributed by atoms with Gasteiger partial charge in [-0.3, -0.25) is 4.79 Å². The van der Waals surface area contributed by atoms with Gasteiger partial charge in [-0.15, -0.1) is 0 Å². The fourth-order valence-electron chi connectivity index (χ4n) is 1.01. The second-order valence-corrected chi connectivity index (χ2v) is 3.34. The van der Waals surface area contributed by atoms with Gasteiger partial charge in [0.25, 0.3) is 0 Å². The van der Waals surface area contributed by atoms with Crippen LogP contribution in [0.2, 0.25) is 0 Å². The first-order valence-corrected chi connectivity index (χ1v) is 5.07. The minimum absolute atomic E-state index is 0.00764. The molecule has 0 bridgehead atoms. The molecule has 0 radical (unpaired) electrons. The Hall–Kier alpha value is -0.610. The van der Waals surface area contributed by atoms with Gasteiger partial charge in [-0.1, -0.05) is 0 Å². The zero-order valence-corrected chi connectivity index (χ0v) is 9.32. The largest absolute Gasteiger partial charge is 0.394 e. The molecule has 0 saturated carbocycles. The highest BCUT2D eigenvalue weighted by molar-refractivity contribution is 5.76. The van der Waals surface area contributed by atoms with E-state index in [0.717, 1.165) is 6.42 Å². The zero-order valence-electron chi connectivity index (χ0n) is 9.32. The zero-order chi connectivity index (χ0) is 11.0. The van der Waals surface area contributed by atoms with E-state index >= 15 is 0 Å². The van der Waals surface area contributed by atoms with Crippen molar-refractivity contribution >= 4 is 5.91 Å². The van der Waals surface area contributed by atoms with Crippen molar-refractivity contribution in [3.63, 3.8) is 0 Å². The van der Waals surface area contributed by atoms with E-state index in [2.05, 4.69) is 0 Å². The van der Waals surface area contributed by atoms with Gasteiger partial charge in [0.2, 0.25) is 5.91 Å². The van der Waals surface area contributed by atoms with Crippen LogP contribution in [0, 0.1) is 0 Å². The lowest BCUT2D eigenvalue weighted by molar-refractivity contribution is -0.132. The van der Waals surface area contributed by atoms with Gasteiger partial charge in [-0.05, 0) is 20.3 Å². The molecule has 0 aliphatic rings. The van der Waals surface area contributed by atoms with E-state index in [-0.39, 0.29) is 18.6 Å². The molecule has 0 rings (SSSR count). The molecule has 0 saturated heterocycles. The smallest absolute Gasteiger partial charge is 0.222 e. The van der Waals surface area contributed by atoms with Crippen molar-refractivity contribution in [3.05, 3.63) is 0 Å². The van der Waals surface area contributed by atoms with Crippen LogP contribution in [0.1, 0.15) is 26.7 Å². The lowest BCUT2D eigenvalue weighted by Crippen LogP contribution is -2.37. The topological polar surface area (TPSA) is 49.8 Å². The first-order chi connectivity index (χ1) is 6.63. The second kappa shape index (κ2) is 7.76. The summed E-state index contributed by atoms with van der Waals surface area (Å²) >= 11 is 0. The van der Waals surface area contributed by atoms with Gasteiger partial charge in [0.1, 0.15) is 0 Å². The lowest BCUT2D eigenvalue weighted by atomic mass is 10.2. The van der Waals surface area contributed by atoms with E-state index in [1.54, 1.807) is 11.9 Å². The first kappa shape index (κ1) is 13.4. The maximum Gasteiger partial charge on any atom is 0.222 e. The molecule has 84 valence electrons. The Morgan fingerprint density at radius 1 is 1.57 bits per heavy atom. The van der Waals surface area contributed by atoms with Crippen molar-refractivity contribution in [3.8, 4) is 0 Å². The third-order valence-electron chi connectivity index (χ3n) is 2.20. The van der Waals surface area contributed by atoms with E-state index in [1.165, 1.54) is 0 Å². The molecule has 0 aliphatic heterocycles. The highest BCUT2D eigenvalue weighted by atomic mass is 16.5. The molecule has 0 aromatic carbocycles. The van der Waals surface area contributed by atoms with Gasteiger partial charge in [0, 0.05) is 26.7 Å². The highest BCUT2D eigenvalue weighted by Gasteiger charge is 2.13. The molecule has 0 fully saturated rings. The van der Waals surface area contributed by atoms with Gasteiger partial charge in [-0.2, -0.15) is 0 Å². The van der Waals surface area contributed by atoms with E-state index in [1.807, 2.05) is 13.8 Å². The van der Waals surface area contributed by atoms with E-state index in [0.29, 0.717) is 19.6 Å². The molecular formula is C10H21NO3. The summed E-state index contributed by atoms with van der Waals surface area (Å²) in [5, 5.41) is 8.85. The Morgan fingerprint density at radius 2 is 2.21 bits per heavy atom. The Bertz CT molecular complexity index is 161. The number of hydrogen-bond acceptors (Lipinski definition) is 3. The molecule has 14 heavy (non-hydrogen) atoms. The fraction of sp³-hybridized carbons (Fsp3) is 0.900. The van der Waals surface area contributed by atoms with Gasteiger partial charge < -0.3 is 14.7 Å². The monoisotopic (exact) mass is 203 g/mol. The summed E-state index contributed by atoms with van der Waals surface area (Å²) in [5.41, 5.74) is 0. The number of hydrogen-bond donors (Lipinski definition) is 1. The number of aliphatic hydroxyl groups excluding tert-OH is 1. The predicted molar refractivity (Wildman–Crippen MR) is 55.0 cm³/mol. The van der Waals surface area contributed by atoms with Crippen molar-refractivity contribution in [1.82, 2.24) is 4.90 Å². The molecule has 4 nitrogen and oxygen atoms in total. The Morgan fingerprint density at radius 3 is 2.71 bits per heavy atom. The standard InChI is InChI=1S/C10H21NO3/c1-4-14-7-5-6-10(13)11(3)9(2)8-12/h9,12H,4-8H2,1-3H3. The molecule has 0 heterocycles. The molecular weight excluding hydrogens is 182 g/mol. The first-order valence-electron chi connectivity index (χ1n) is 5.07. The highest BCUT2D eigenvalue weighted by Crippen LogP contribution is 2.00. The van der Waals surface area contributed by atoms with Crippen LogP contribution in [-0.4, -0.2) is 48.8 Å². The quantitative estimate of drug-likeness (QED) is 0.618. The number of likely N-dealkylation sites (N-methyl/N-ethyl adjacent to an activating group) is 1. The molecule has 1 atom stereocenters. The normalized spacial score (nSPS) is 12.6. The van der Waals surface area contributed by atoms with E-state index < -0.39 is 0 Å². The second-order valence-electron chi connectivity index (χ2n) is 3.34. The van der Waals surface area contributed by atoms with Gasteiger partial charge in [-0.25, -0.2) is 0 Å². The van der Waals surface area contributed by atoms with E-state index in [9.17, 15) is 4.79 Å². The molecule has 1 amide bonds. The predicted octanol–water partition coefficient (Wildman–Crippen LogP) is 0.642. The van der Waals surface area contributed by atoms with Crippen LogP contribution in [0.15, 0.2) is 0 Å². The molecule has 1 unspecified atom stereocenters. The molecule has 4 heteroatoms. The van der Waals surface area contributed by atoms with E-state index in [4.69, 9.17) is 9.84 Å². The number of aliphatic hydroxyl groups is 1. The van der Waals surface area contributed by atoms with Crippen molar-refractivity contribution < 1.29 is 14.6 Å². The van der Waals surface area contributed by atoms with Crippen molar-refractivity contribution in [2.45, 2.75) is 32.7 Å². The lowest BCUT2D eigenvalue weighted by Gasteiger charge is -2.23. The maximum atomic E-state index is 11.5. The summed E-state index contributed by atoms with van der Waals surface area (Å²) < 4.78 is 5.13. The minimum Gasteiger partial charge on any atom is -0.394 e. The molecule has 0 aliphatic carbocycles. The Labute approximate surface area is 85.9 Å². The molecule has 0 aromatic heterocycles. The van der Waals surface area contributed by atoms with Crippen molar-refractivity contribution in [2.24, 2.45) is 0 Å². The van der Waals surface area contributed by atoms with Crippen molar-refractivity contribution in [1.29, 1.82) is 0 Å². The summed E-state index contributed by atoms with van der Waals surface area (Å²) in [5.74, 6) is 0.0613. The van der Waals surface area contributed by atoms with Crippen LogP contribution in [0.4, 0.5) is 0 Å². The Kier molecular flexibility index (Phi) is 7.42. The number of nitrogens with zero attached hydrogens (tertiary/aromatic N) is 1. The Balaban J connectivity index is 3.62. The molecule has 0 spiro atoms. The van der Waals surface area contributed by atoms with Crippen LogP contribution in [0.5, 0.6) is 0 Å². The van der Waals surface area contributed by atoms with Crippen LogP contribution < -0.4 is 0 Å². The maximum absolute atomic E-state index is 11.5. The van der Waals surface area contributed by atoms with Gasteiger partial charge in [0.05, 0.1) is 12.6 Å². The minimum atomic E-state index is -0.102. The van der Waals surface area contributed by atoms with Crippen LogP contribution in [0.3, 0.4) is 0 Å². The number of rotatable bonds is 7. The number of carbonyl (C=O) groups is 1. The number of ether oxygens (including phenoxy) is 1. The average Bonchev–Trinajstić information content (AvgIpc) is 2.21. The fourth-order valence-corrected chi connectivity index (χ4v) is 1.01. The SMILES string of the molecule is CCOCCCC(=O)N(C)C(C)CO. The molecule has 0 aromatic rings. The van der Waals surface area contributed by atoms with Gasteiger partial charge >= 0.3 is 0 Å². The van der Waals surface area contributed by atoms with Crippen molar-refractivity contribution in [2.75, 3.05) is 26.9 Å². The summed E-state index contributed by atoms with van der Waals surface area (Å²) in [6.07, 6.45) is 1.23. The average molecular weight is 203 g/mol. The third-order valence-corrected chi connectivity index (χ3v) is 2.20. The summed E-state index contributed by atoms with van der Waals surface area (Å²) in [6, 6.07) is -0.102. The van der Waals surface area contributed by atoms with Gasteiger partial charge in [0.15, 0.2) is 0 Å². The summed E-state index contributed by atoms with van der Waals surface area (Å²) in [7, 11) is 1.71. The van der Waals surface area contributed by atoms with Crippen LogP contribution in [-0.2, 0) is 9.53 Å². The number of carbonyl (C=O) groups excluding carboxylic acids is 1. The molecule has 1 N–H and O–H groups in total. The van der Waals surface area contributed by atoms with Crippen LogP contribution in [0.25, 0.3) is 0 Å².